The topological polar surface area (TPSA) is 78.0 Å². The summed E-state index contributed by atoms with van der Waals surface area (Å²) in [4.78, 5) is 36.9. The van der Waals surface area contributed by atoms with Gasteiger partial charge in [-0.2, -0.15) is 0 Å². The maximum absolute atomic E-state index is 12.9. The molecule has 37 heavy (non-hydrogen) atoms. The Morgan fingerprint density at radius 3 is 2.41 bits per heavy atom. The van der Waals surface area contributed by atoms with E-state index in [9.17, 15) is 9.59 Å². The minimum Gasteiger partial charge on any atom is -0.453 e. The average molecular weight is 522 g/mol. The van der Waals surface area contributed by atoms with Crippen LogP contribution in [0.3, 0.4) is 0 Å². The molecule has 1 atom stereocenters. The number of piperazine rings is 1. The molecule has 9 heteroatoms. The molecule has 0 aliphatic carbocycles. The van der Waals surface area contributed by atoms with Crippen LogP contribution in [0.5, 0.6) is 0 Å². The minimum absolute atomic E-state index is 0.0115. The molecular weight excluding hydrogens is 486 g/mol. The van der Waals surface area contributed by atoms with E-state index in [1.54, 1.807) is 11.3 Å². The zero-order valence-electron chi connectivity index (χ0n) is 21.7. The molecule has 0 saturated carbocycles. The Bertz CT molecular complexity index is 1160. The molecule has 2 heterocycles. The summed E-state index contributed by atoms with van der Waals surface area (Å²) in [5.74, 6) is 0.0501. The van der Waals surface area contributed by atoms with Crippen molar-refractivity contribution in [3.8, 4) is 0 Å². The van der Waals surface area contributed by atoms with Gasteiger partial charge in [0.15, 0.2) is 0 Å². The summed E-state index contributed by atoms with van der Waals surface area (Å²) in [7, 11) is 1.36. The Morgan fingerprint density at radius 2 is 1.78 bits per heavy atom. The summed E-state index contributed by atoms with van der Waals surface area (Å²) in [6, 6.07) is 15.9. The van der Waals surface area contributed by atoms with Crippen molar-refractivity contribution in [1.82, 2.24) is 19.7 Å². The molecule has 0 bridgehead atoms. The van der Waals surface area contributed by atoms with Crippen molar-refractivity contribution in [2.45, 2.75) is 26.4 Å². The lowest BCUT2D eigenvalue weighted by Gasteiger charge is -2.39. The van der Waals surface area contributed by atoms with Crippen molar-refractivity contribution in [3.63, 3.8) is 0 Å². The molecular formula is C28H35N5O3S. The number of carbonyl (C=O) groups is 2. The predicted octanol–water partition coefficient (Wildman–Crippen LogP) is 4.71. The Labute approximate surface area is 222 Å². The number of hydrogen-bond donors (Lipinski definition) is 1. The highest BCUT2D eigenvalue weighted by atomic mass is 32.1. The number of hydrogen-bond acceptors (Lipinski definition) is 7. The molecule has 3 aromatic rings. The summed E-state index contributed by atoms with van der Waals surface area (Å²) >= 11 is 1.69. The van der Waals surface area contributed by atoms with Crippen molar-refractivity contribution in [1.29, 1.82) is 0 Å². The monoisotopic (exact) mass is 521 g/mol. The third-order valence-electron chi connectivity index (χ3n) is 6.79. The number of thiazole rings is 1. The molecule has 196 valence electrons. The number of methoxy groups -OCH3 is 1. The van der Waals surface area contributed by atoms with E-state index in [0.29, 0.717) is 24.3 Å². The first-order chi connectivity index (χ1) is 18.0. The van der Waals surface area contributed by atoms with Gasteiger partial charge < -0.3 is 9.64 Å². The Kier molecular flexibility index (Phi) is 9.27. The smallest absolute Gasteiger partial charge is 0.411 e. The number of amides is 2. The zero-order chi connectivity index (χ0) is 26.2. The van der Waals surface area contributed by atoms with Gasteiger partial charge in [0.2, 0.25) is 0 Å². The molecule has 4 rings (SSSR count). The van der Waals surface area contributed by atoms with Gasteiger partial charge in [0.25, 0.3) is 5.91 Å². The van der Waals surface area contributed by atoms with Crippen molar-refractivity contribution < 1.29 is 14.3 Å². The molecule has 0 spiro atoms. The van der Waals surface area contributed by atoms with Crippen molar-refractivity contribution in [2.75, 3.05) is 51.7 Å². The largest absolute Gasteiger partial charge is 0.453 e. The van der Waals surface area contributed by atoms with Crippen LogP contribution in [0.2, 0.25) is 0 Å². The van der Waals surface area contributed by atoms with Gasteiger partial charge in [0.05, 0.1) is 18.7 Å². The average Bonchev–Trinajstić information content (AvgIpc) is 3.44. The summed E-state index contributed by atoms with van der Waals surface area (Å²) in [5.41, 5.74) is 5.45. The fourth-order valence-electron chi connectivity index (χ4n) is 4.79. The SMILES string of the molecule is CCN(CC)C(=O)c1ccc([C@@H](c2cccc(NC(=O)OC)c2)N2CCN(Cc3cncs3)CC2)cc1. The normalized spacial score (nSPS) is 15.2. The molecule has 1 aromatic heterocycles. The van der Waals surface area contributed by atoms with Crippen molar-refractivity contribution in [2.24, 2.45) is 0 Å². The van der Waals surface area contributed by atoms with Gasteiger partial charge in [-0.3, -0.25) is 24.9 Å². The van der Waals surface area contributed by atoms with Crippen molar-refractivity contribution in [3.05, 3.63) is 81.8 Å². The maximum atomic E-state index is 12.9. The molecule has 1 fully saturated rings. The number of aromatic nitrogens is 1. The number of ether oxygens (including phenoxy) is 1. The second-order valence-electron chi connectivity index (χ2n) is 9.02. The summed E-state index contributed by atoms with van der Waals surface area (Å²) in [6.45, 7) is 9.99. The van der Waals surface area contributed by atoms with Crippen LogP contribution in [0, 0.1) is 0 Å². The second-order valence-corrected chi connectivity index (χ2v) is 9.99. The second kappa shape index (κ2) is 12.8. The Balaban J connectivity index is 1.58. The third-order valence-corrected chi connectivity index (χ3v) is 7.56. The van der Waals surface area contributed by atoms with Crippen molar-refractivity contribution >= 4 is 29.0 Å². The highest BCUT2D eigenvalue weighted by Crippen LogP contribution is 2.32. The van der Waals surface area contributed by atoms with Crippen LogP contribution in [0.1, 0.15) is 46.3 Å². The lowest BCUT2D eigenvalue weighted by atomic mass is 9.95. The summed E-state index contributed by atoms with van der Waals surface area (Å²) < 4.78 is 4.78. The van der Waals surface area contributed by atoms with E-state index in [0.717, 1.165) is 43.9 Å². The molecule has 1 N–H and O–H groups in total. The number of nitrogens with zero attached hydrogens (tertiary/aromatic N) is 4. The van der Waals surface area contributed by atoms with Gasteiger partial charge in [0.1, 0.15) is 0 Å². The molecule has 1 saturated heterocycles. The first-order valence-electron chi connectivity index (χ1n) is 12.7. The summed E-state index contributed by atoms with van der Waals surface area (Å²) in [5, 5.41) is 2.78. The molecule has 1 aliphatic rings. The first kappa shape index (κ1) is 26.8. The van der Waals surface area contributed by atoms with E-state index in [2.05, 4.69) is 38.3 Å². The number of rotatable bonds is 9. The lowest BCUT2D eigenvalue weighted by molar-refractivity contribution is 0.0772. The van der Waals surface area contributed by atoms with E-state index >= 15 is 0 Å². The molecule has 0 radical (unpaired) electrons. The van der Waals surface area contributed by atoms with Crippen LogP contribution in [0.15, 0.2) is 60.2 Å². The molecule has 2 amide bonds. The number of benzene rings is 2. The predicted molar refractivity (Wildman–Crippen MR) is 147 cm³/mol. The summed E-state index contributed by atoms with van der Waals surface area (Å²) in [6.07, 6.45) is 1.45. The van der Waals surface area contributed by atoms with Crippen LogP contribution < -0.4 is 5.32 Å². The first-order valence-corrected chi connectivity index (χ1v) is 13.6. The standard InChI is InChI=1S/C28H35N5O3S/c1-4-32(5-2)27(34)22-11-9-21(10-12-22)26(23-7-6-8-24(17-23)30-28(35)36-3)33-15-13-31(14-16-33)19-25-18-29-20-37-25/h6-12,17-18,20,26H,4-5,13-16,19H2,1-3H3,(H,30,35)/t26-/m0/s1. The van der Waals surface area contributed by atoms with E-state index < -0.39 is 6.09 Å². The van der Waals surface area contributed by atoms with E-state index in [-0.39, 0.29) is 11.9 Å². The lowest BCUT2D eigenvalue weighted by Crippen LogP contribution is -2.47. The fraction of sp³-hybridized carbons (Fsp3) is 0.393. The van der Waals surface area contributed by atoms with Gasteiger partial charge in [0, 0.05) is 68.1 Å². The highest BCUT2D eigenvalue weighted by Gasteiger charge is 2.27. The van der Waals surface area contributed by atoms with Gasteiger partial charge >= 0.3 is 6.09 Å². The van der Waals surface area contributed by atoms with E-state index in [4.69, 9.17) is 4.74 Å². The molecule has 0 unspecified atom stereocenters. The van der Waals surface area contributed by atoms with Crippen LogP contribution in [0.25, 0.3) is 0 Å². The van der Waals surface area contributed by atoms with E-state index in [1.807, 2.05) is 60.8 Å². The van der Waals surface area contributed by atoms with Crippen LogP contribution >= 0.6 is 11.3 Å². The number of nitrogens with one attached hydrogen (secondary N) is 1. The maximum Gasteiger partial charge on any atom is 0.411 e. The van der Waals surface area contributed by atoms with Crippen LogP contribution in [-0.4, -0.2) is 78.1 Å². The Hall–Kier alpha value is -3.27. The molecule has 8 nitrogen and oxygen atoms in total. The van der Waals surface area contributed by atoms with Gasteiger partial charge in [-0.1, -0.05) is 24.3 Å². The number of carbonyl (C=O) groups excluding carboxylic acids is 2. The zero-order valence-corrected chi connectivity index (χ0v) is 22.5. The van der Waals surface area contributed by atoms with Gasteiger partial charge in [-0.15, -0.1) is 11.3 Å². The third kappa shape index (κ3) is 6.74. The highest BCUT2D eigenvalue weighted by molar-refractivity contribution is 7.09. The van der Waals surface area contributed by atoms with Gasteiger partial charge in [-0.05, 0) is 49.2 Å². The quantitative estimate of drug-likeness (QED) is 0.439. The van der Waals surface area contributed by atoms with Crippen LogP contribution in [0.4, 0.5) is 10.5 Å². The minimum atomic E-state index is -0.496. The molecule has 2 aromatic carbocycles. The fourth-order valence-corrected chi connectivity index (χ4v) is 5.43. The van der Waals surface area contributed by atoms with E-state index in [1.165, 1.54) is 12.0 Å². The number of anilines is 1. The van der Waals surface area contributed by atoms with Crippen LogP contribution in [-0.2, 0) is 11.3 Å². The Morgan fingerprint density at radius 1 is 1.05 bits per heavy atom. The molecule has 1 aliphatic heterocycles. The van der Waals surface area contributed by atoms with Gasteiger partial charge in [-0.25, -0.2) is 4.79 Å².